The summed E-state index contributed by atoms with van der Waals surface area (Å²) >= 11 is 0. The van der Waals surface area contributed by atoms with Gasteiger partial charge >= 0.3 is 39.5 Å². The Hall–Kier alpha value is -4.80. The van der Waals surface area contributed by atoms with Crippen LogP contribution in [0.25, 0.3) is 0 Å². The molecule has 0 aliphatic rings. The zero-order valence-electron chi connectivity index (χ0n) is 66.6. The lowest BCUT2D eigenvalue weighted by Crippen LogP contribution is -2.30. The van der Waals surface area contributed by atoms with Crippen LogP contribution in [-0.4, -0.2) is 96.7 Å². The zero-order chi connectivity index (χ0) is 77.4. The molecule has 0 saturated carbocycles. The van der Waals surface area contributed by atoms with Crippen molar-refractivity contribution in [3.05, 3.63) is 134 Å². The third kappa shape index (κ3) is 77.4. The van der Waals surface area contributed by atoms with Gasteiger partial charge in [-0.25, -0.2) is 9.13 Å². The van der Waals surface area contributed by atoms with Crippen molar-refractivity contribution >= 4 is 39.5 Å². The lowest BCUT2D eigenvalue weighted by atomic mass is 10.1. The van der Waals surface area contributed by atoms with Crippen molar-refractivity contribution in [2.75, 3.05) is 39.6 Å². The van der Waals surface area contributed by atoms with Crippen LogP contribution in [-0.2, 0) is 65.4 Å². The zero-order valence-corrected chi connectivity index (χ0v) is 68.4. The molecular weight excluding hydrogens is 1380 g/mol. The van der Waals surface area contributed by atoms with Crippen molar-refractivity contribution in [2.45, 2.75) is 354 Å². The quantitative estimate of drug-likeness (QED) is 0.0169. The van der Waals surface area contributed by atoms with Crippen molar-refractivity contribution < 1.29 is 80.2 Å². The molecule has 0 amide bonds. The third-order valence-electron chi connectivity index (χ3n) is 17.0. The van der Waals surface area contributed by atoms with E-state index in [2.05, 4.69) is 161 Å². The summed E-state index contributed by atoms with van der Waals surface area (Å²) in [4.78, 5) is 73.1. The summed E-state index contributed by atoms with van der Waals surface area (Å²) in [5, 5.41) is 10.7. The normalized spacial score (nSPS) is 14.5. The first-order chi connectivity index (χ1) is 51.7. The fourth-order valence-electron chi connectivity index (χ4n) is 10.8. The van der Waals surface area contributed by atoms with Gasteiger partial charge in [-0.2, -0.15) is 0 Å². The fraction of sp³-hybridized carbons (Fsp3) is 0.701. The molecule has 0 bridgehead atoms. The summed E-state index contributed by atoms with van der Waals surface area (Å²) < 4.78 is 68.7. The van der Waals surface area contributed by atoms with Crippen LogP contribution in [0.5, 0.6) is 0 Å². The SMILES string of the molecule is CC/C=C\C/C=C\C/C=C\CCCCCCCC(=O)OCC(COP(=O)(O)OCC(O)COP(=O)(O)OCC(COC(=O)CCCCCCCC/C=C\C/C=C\C/C=C\CCCCC)OC(=O)CCCCCCCC/C=C\C/C=C\C/C=C\CCCCC)OC(=O)CCCCCCC/C=C\C/C=C\CCC. The second-order valence-corrected chi connectivity index (χ2v) is 30.2. The van der Waals surface area contributed by atoms with Crippen LogP contribution in [0.2, 0.25) is 0 Å². The Bertz CT molecular complexity index is 2530. The molecule has 608 valence electrons. The Morgan fingerprint density at radius 3 is 0.792 bits per heavy atom. The molecule has 0 aromatic heterocycles. The lowest BCUT2D eigenvalue weighted by Gasteiger charge is -2.21. The summed E-state index contributed by atoms with van der Waals surface area (Å²) in [5.41, 5.74) is 0. The smallest absolute Gasteiger partial charge is 0.462 e. The summed E-state index contributed by atoms with van der Waals surface area (Å²) in [5.74, 6) is -2.23. The van der Waals surface area contributed by atoms with Crippen molar-refractivity contribution in [3.8, 4) is 0 Å². The van der Waals surface area contributed by atoms with E-state index in [-0.39, 0.29) is 25.7 Å². The summed E-state index contributed by atoms with van der Waals surface area (Å²) in [6.45, 7) is 4.60. The molecule has 19 heteroatoms. The van der Waals surface area contributed by atoms with Gasteiger partial charge in [-0.05, 0) is 161 Å². The second kappa shape index (κ2) is 78.3. The van der Waals surface area contributed by atoms with E-state index in [9.17, 15) is 43.2 Å². The number of carbonyl (C=O) groups excluding carboxylic acids is 4. The van der Waals surface area contributed by atoms with E-state index in [4.69, 9.17) is 37.0 Å². The van der Waals surface area contributed by atoms with Crippen molar-refractivity contribution in [1.29, 1.82) is 0 Å². The number of esters is 4. The number of hydrogen-bond donors (Lipinski definition) is 3. The lowest BCUT2D eigenvalue weighted by molar-refractivity contribution is -0.161. The average Bonchev–Trinajstić information content (AvgIpc) is 0.901. The number of phosphoric acid groups is 2. The van der Waals surface area contributed by atoms with Crippen LogP contribution in [0, 0.1) is 0 Å². The van der Waals surface area contributed by atoms with Crippen molar-refractivity contribution in [1.82, 2.24) is 0 Å². The number of aliphatic hydroxyl groups is 1. The minimum Gasteiger partial charge on any atom is -0.462 e. The maximum Gasteiger partial charge on any atom is 0.472 e. The minimum atomic E-state index is -4.99. The van der Waals surface area contributed by atoms with Crippen LogP contribution in [0.4, 0.5) is 0 Å². The van der Waals surface area contributed by atoms with E-state index < -0.39 is 97.5 Å². The first-order valence-electron chi connectivity index (χ1n) is 41.4. The predicted molar refractivity (Wildman–Crippen MR) is 436 cm³/mol. The van der Waals surface area contributed by atoms with Gasteiger partial charge in [0, 0.05) is 25.7 Å². The molecule has 0 aromatic rings. The molecule has 0 aliphatic heterocycles. The molecule has 0 aliphatic carbocycles. The monoisotopic (exact) mass is 1530 g/mol. The van der Waals surface area contributed by atoms with Crippen molar-refractivity contribution in [2.24, 2.45) is 0 Å². The highest BCUT2D eigenvalue weighted by molar-refractivity contribution is 7.47. The molecule has 5 unspecified atom stereocenters. The van der Waals surface area contributed by atoms with E-state index in [0.29, 0.717) is 25.7 Å². The van der Waals surface area contributed by atoms with Crippen LogP contribution in [0.3, 0.4) is 0 Å². The molecule has 3 N–H and O–H groups in total. The van der Waals surface area contributed by atoms with E-state index >= 15 is 0 Å². The van der Waals surface area contributed by atoms with Gasteiger partial charge in [-0.1, -0.05) is 283 Å². The molecule has 106 heavy (non-hydrogen) atoms. The van der Waals surface area contributed by atoms with Gasteiger partial charge in [0.15, 0.2) is 12.2 Å². The standard InChI is InChI=1S/C87H148O17P2/c1-5-9-13-17-21-25-29-33-36-38-40-42-45-49-52-56-60-64-68-72-85(90)98-78-83(104-87(92)74-70-66-62-58-54-50-46-43-41-39-37-34-30-26-22-18-14-10-6-2)80-102-106(95,96)100-76-81(88)75-99-105(93,94)101-79-82(103-86(91)73-69-65-61-57-53-47-32-28-24-20-16-12-8-4)77-97-84(89)71-67-63-59-55-51-48-44-35-31-27-23-19-15-11-7-3/h11,15-16,20-23,25-28,32-37,40-44,81-83,88H,5-10,12-14,17-19,24,29-31,38-39,45-80H2,1-4H3,(H,93,94)(H,95,96)/b15-11-,20-16-,25-21-,26-22-,27-23-,32-28-,36-33-,37-34-,42-40-,43-41-,44-35-. The predicted octanol–water partition coefficient (Wildman–Crippen LogP) is 24.4. The van der Waals surface area contributed by atoms with Gasteiger partial charge in [0.1, 0.15) is 19.3 Å². The topological polar surface area (TPSA) is 237 Å². The number of aliphatic hydroxyl groups excluding tert-OH is 1. The van der Waals surface area contributed by atoms with Gasteiger partial charge in [-0.15, -0.1) is 0 Å². The first-order valence-corrected chi connectivity index (χ1v) is 44.4. The molecular formula is C87H148O17P2. The highest BCUT2D eigenvalue weighted by atomic mass is 31.2. The number of hydrogen-bond acceptors (Lipinski definition) is 15. The van der Waals surface area contributed by atoms with Crippen molar-refractivity contribution in [3.63, 3.8) is 0 Å². The Balaban J connectivity index is 5.40. The number of allylic oxidation sites excluding steroid dienone is 22. The van der Waals surface area contributed by atoms with Gasteiger partial charge in [0.25, 0.3) is 0 Å². The van der Waals surface area contributed by atoms with Gasteiger partial charge in [-0.3, -0.25) is 37.3 Å². The van der Waals surface area contributed by atoms with E-state index in [0.717, 1.165) is 218 Å². The van der Waals surface area contributed by atoms with E-state index in [1.54, 1.807) is 0 Å². The Kier molecular flexibility index (Phi) is 74.8. The van der Waals surface area contributed by atoms with Gasteiger partial charge in [0.2, 0.25) is 0 Å². The fourth-order valence-corrected chi connectivity index (χ4v) is 12.3. The van der Waals surface area contributed by atoms with Gasteiger partial charge < -0.3 is 33.8 Å². The van der Waals surface area contributed by atoms with Crippen LogP contribution in [0.15, 0.2) is 134 Å². The Morgan fingerprint density at radius 2 is 0.509 bits per heavy atom. The third-order valence-corrected chi connectivity index (χ3v) is 19.0. The largest absolute Gasteiger partial charge is 0.472 e. The molecule has 0 rings (SSSR count). The molecule has 5 atom stereocenters. The molecule has 0 aromatic carbocycles. The molecule has 0 heterocycles. The molecule has 0 radical (unpaired) electrons. The molecule has 17 nitrogen and oxygen atoms in total. The summed E-state index contributed by atoms with van der Waals surface area (Å²) in [7, 11) is -9.98. The first kappa shape index (κ1) is 101. The van der Waals surface area contributed by atoms with Gasteiger partial charge in [0.05, 0.1) is 26.4 Å². The maximum atomic E-state index is 13.1. The molecule has 0 fully saturated rings. The number of phosphoric ester groups is 2. The second-order valence-electron chi connectivity index (χ2n) is 27.3. The number of carbonyl (C=O) groups is 4. The average molecular weight is 1530 g/mol. The summed E-state index contributed by atoms with van der Waals surface area (Å²) in [6, 6.07) is 0. The van der Waals surface area contributed by atoms with Crippen LogP contribution < -0.4 is 0 Å². The van der Waals surface area contributed by atoms with E-state index in [1.165, 1.54) is 38.5 Å². The Morgan fingerprint density at radius 1 is 0.274 bits per heavy atom. The van der Waals surface area contributed by atoms with Crippen LogP contribution >= 0.6 is 15.6 Å². The number of unbranched alkanes of at least 4 members (excludes halogenated alkanes) is 29. The number of rotatable bonds is 77. The number of ether oxygens (including phenoxy) is 4. The molecule has 0 saturated heterocycles. The highest BCUT2D eigenvalue weighted by Crippen LogP contribution is 2.45. The Labute approximate surface area is 644 Å². The highest BCUT2D eigenvalue weighted by Gasteiger charge is 2.30. The van der Waals surface area contributed by atoms with E-state index in [1.807, 2.05) is 0 Å². The summed E-state index contributed by atoms with van der Waals surface area (Å²) in [6.07, 6.45) is 88.4. The maximum absolute atomic E-state index is 13.1. The minimum absolute atomic E-state index is 0.0717. The molecule has 0 spiro atoms. The van der Waals surface area contributed by atoms with Crippen LogP contribution in [0.1, 0.15) is 336 Å².